The van der Waals surface area contributed by atoms with E-state index in [1.807, 2.05) is 0 Å². The molecule has 1 aromatic carbocycles. The van der Waals surface area contributed by atoms with Crippen molar-refractivity contribution in [1.82, 2.24) is 5.32 Å². The molecule has 4 N–H and O–H groups in total. The van der Waals surface area contributed by atoms with Crippen LogP contribution in [0.5, 0.6) is 0 Å². The molecule has 1 unspecified atom stereocenters. The van der Waals surface area contributed by atoms with E-state index in [0.29, 0.717) is 17.3 Å². The molecule has 1 fully saturated rings. The Labute approximate surface area is 112 Å². The topological polar surface area (TPSA) is 84.2 Å². The van der Waals surface area contributed by atoms with Gasteiger partial charge in [0.1, 0.15) is 6.04 Å². The Balaban J connectivity index is 2.03. The van der Waals surface area contributed by atoms with Crippen LogP contribution in [0.4, 0.5) is 11.4 Å². The molecule has 0 heterocycles. The Morgan fingerprint density at radius 3 is 2.63 bits per heavy atom. The minimum Gasteiger partial charge on any atom is -0.398 e. The average Bonchev–Trinajstić information content (AvgIpc) is 3.15. The zero-order valence-electron chi connectivity index (χ0n) is 11.2. The van der Waals surface area contributed by atoms with Gasteiger partial charge in [-0.15, -0.1) is 0 Å². The molecule has 2 rings (SSSR count). The lowest BCUT2D eigenvalue weighted by atomic mass is 10.1. The van der Waals surface area contributed by atoms with E-state index in [9.17, 15) is 9.59 Å². The van der Waals surface area contributed by atoms with Crippen LogP contribution < -0.4 is 16.4 Å². The molecule has 0 bridgehead atoms. The number of hydrogen-bond acceptors (Lipinski definition) is 4. The molecule has 19 heavy (non-hydrogen) atoms. The average molecular weight is 261 g/mol. The summed E-state index contributed by atoms with van der Waals surface area (Å²) in [4.78, 5) is 23.2. The van der Waals surface area contributed by atoms with E-state index in [4.69, 9.17) is 5.73 Å². The highest BCUT2D eigenvalue weighted by Crippen LogP contribution is 2.20. The molecular weight excluding hydrogens is 242 g/mol. The third-order valence-electron chi connectivity index (χ3n) is 3.13. The van der Waals surface area contributed by atoms with Crippen LogP contribution in [0.2, 0.25) is 0 Å². The third-order valence-corrected chi connectivity index (χ3v) is 3.13. The van der Waals surface area contributed by atoms with E-state index in [0.717, 1.165) is 18.5 Å². The molecule has 0 radical (unpaired) electrons. The first-order valence-electron chi connectivity index (χ1n) is 6.44. The van der Waals surface area contributed by atoms with Gasteiger partial charge in [0.2, 0.25) is 5.91 Å². The van der Waals surface area contributed by atoms with Gasteiger partial charge < -0.3 is 16.4 Å². The monoisotopic (exact) mass is 261 g/mol. The van der Waals surface area contributed by atoms with Gasteiger partial charge in [0, 0.05) is 23.0 Å². The van der Waals surface area contributed by atoms with Gasteiger partial charge in [-0.1, -0.05) is 0 Å². The van der Waals surface area contributed by atoms with E-state index in [2.05, 4.69) is 10.6 Å². The largest absolute Gasteiger partial charge is 0.398 e. The summed E-state index contributed by atoms with van der Waals surface area (Å²) in [6.07, 6.45) is 2.13. The zero-order valence-corrected chi connectivity index (χ0v) is 11.2. The highest BCUT2D eigenvalue weighted by molar-refractivity contribution is 6.00. The fourth-order valence-electron chi connectivity index (χ4n) is 1.82. The summed E-state index contributed by atoms with van der Waals surface area (Å²) in [6, 6.07) is 5.12. The fourth-order valence-corrected chi connectivity index (χ4v) is 1.82. The van der Waals surface area contributed by atoms with Gasteiger partial charge in [-0.3, -0.25) is 9.59 Å². The van der Waals surface area contributed by atoms with Crippen LogP contribution in [0.15, 0.2) is 18.2 Å². The molecule has 1 amide bonds. The maximum atomic E-state index is 11.8. The molecule has 5 heteroatoms. The van der Waals surface area contributed by atoms with Crippen LogP contribution in [0.1, 0.15) is 37.0 Å². The van der Waals surface area contributed by atoms with Crippen LogP contribution in [0, 0.1) is 0 Å². The predicted molar refractivity (Wildman–Crippen MR) is 75.1 cm³/mol. The molecular formula is C14H19N3O2. The first kappa shape index (κ1) is 13.4. The molecule has 102 valence electrons. The molecule has 1 aliphatic rings. The third kappa shape index (κ3) is 3.47. The maximum Gasteiger partial charge on any atom is 0.242 e. The molecule has 0 saturated heterocycles. The van der Waals surface area contributed by atoms with Crippen molar-refractivity contribution in [2.24, 2.45) is 0 Å². The van der Waals surface area contributed by atoms with Crippen molar-refractivity contribution in [1.29, 1.82) is 0 Å². The Morgan fingerprint density at radius 1 is 1.37 bits per heavy atom. The van der Waals surface area contributed by atoms with Crippen molar-refractivity contribution in [3.63, 3.8) is 0 Å². The van der Waals surface area contributed by atoms with Crippen molar-refractivity contribution in [3.8, 4) is 0 Å². The van der Waals surface area contributed by atoms with Crippen molar-refractivity contribution in [3.05, 3.63) is 23.8 Å². The zero-order chi connectivity index (χ0) is 14.0. The molecule has 1 atom stereocenters. The van der Waals surface area contributed by atoms with Gasteiger partial charge in [-0.05, 0) is 44.9 Å². The van der Waals surface area contributed by atoms with Gasteiger partial charge >= 0.3 is 0 Å². The highest BCUT2D eigenvalue weighted by atomic mass is 16.2. The molecule has 0 aliphatic heterocycles. The number of benzene rings is 1. The number of nitrogen functional groups attached to an aromatic ring is 1. The van der Waals surface area contributed by atoms with Crippen LogP contribution in [0.25, 0.3) is 0 Å². The van der Waals surface area contributed by atoms with E-state index in [1.54, 1.807) is 25.1 Å². The van der Waals surface area contributed by atoms with Crippen molar-refractivity contribution in [2.45, 2.75) is 38.8 Å². The Morgan fingerprint density at radius 2 is 2.05 bits per heavy atom. The minimum absolute atomic E-state index is 0.0244. The molecule has 1 aromatic rings. The van der Waals surface area contributed by atoms with E-state index >= 15 is 0 Å². The van der Waals surface area contributed by atoms with Crippen molar-refractivity contribution in [2.75, 3.05) is 11.1 Å². The fraction of sp³-hybridized carbons (Fsp3) is 0.429. The normalized spacial score (nSPS) is 15.7. The van der Waals surface area contributed by atoms with Crippen LogP contribution in [-0.4, -0.2) is 23.8 Å². The molecule has 5 nitrogen and oxygen atoms in total. The highest BCUT2D eigenvalue weighted by Gasteiger charge is 2.25. The number of ketones is 1. The number of nitrogens with one attached hydrogen (secondary N) is 2. The summed E-state index contributed by atoms with van der Waals surface area (Å²) in [6.45, 7) is 3.26. The molecule has 0 aromatic heterocycles. The predicted octanol–water partition coefficient (Wildman–Crippen LogP) is 1.55. The van der Waals surface area contributed by atoms with Crippen molar-refractivity contribution >= 4 is 23.1 Å². The number of rotatable bonds is 5. The minimum atomic E-state index is -0.343. The van der Waals surface area contributed by atoms with Gasteiger partial charge in [-0.2, -0.15) is 0 Å². The van der Waals surface area contributed by atoms with Gasteiger partial charge in [0.05, 0.1) is 0 Å². The number of Topliss-reactive ketones (excluding diaryl/α,β-unsaturated/α-hetero) is 1. The Hall–Kier alpha value is -2.04. The Kier molecular flexibility index (Phi) is 3.74. The van der Waals surface area contributed by atoms with Crippen LogP contribution >= 0.6 is 0 Å². The smallest absolute Gasteiger partial charge is 0.242 e. The summed E-state index contributed by atoms with van der Waals surface area (Å²) >= 11 is 0. The molecule has 1 saturated carbocycles. The summed E-state index contributed by atoms with van der Waals surface area (Å²) in [5.41, 5.74) is 7.37. The maximum absolute atomic E-state index is 11.8. The second-order valence-corrected chi connectivity index (χ2v) is 5.01. The Bertz CT molecular complexity index is 509. The number of hydrogen-bond donors (Lipinski definition) is 3. The number of carbonyl (C=O) groups is 2. The standard InChI is InChI=1S/C14H19N3O2/c1-8(14(19)17-10-3-4-10)16-11-5-6-13(15)12(7-11)9(2)18/h5-8,10,16H,3-4,15H2,1-2H3,(H,17,19). The lowest BCUT2D eigenvalue weighted by Crippen LogP contribution is -2.38. The summed E-state index contributed by atoms with van der Waals surface area (Å²) in [5, 5.41) is 6.01. The summed E-state index contributed by atoms with van der Waals surface area (Å²) < 4.78 is 0. The number of anilines is 2. The molecule has 1 aliphatic carbocycles. The van der Waals surface area contributed by atoms with Crippen molar-refractivity contribution < 1.29 is 9.59 Å². The van der Waals surface area contributed by atoms with Crippen LogP contribution in [-0.2, 0) is 4.79 Å². The van der Waals surface area contributed by atoms with Gasteiger partial charge in [-0.25, -0.2) is 0 Å². The second-order valence-electron chi connectivity index (χ2n) is 5.01. The van der Waals surface area contributed by atoms with Crippen LogP contribution in [0.3, 0.4) is 0 Å². The quantitative estimate of drug-likeness (QED) is 0.554. The van der Waals surface area contributed by atoms with E-state index in [-0.39, 0.29) is 17.7 Å². The first-order valence-corrected chi connectivity index (χ1v) is 6.44. The summed E-state index contributed by atoms with van der Waals surface area (Å²) in [7, 11) is 0. The lowest BCUT2D eigenvalue weighted by Gasteiger charge is -2.16. The number of nitrogens with two attached hydrogens (primary N) is 1. The van der Waals surface area contributed by atoms with E-state index in [1.165, 1.54) is 6.92 Å². The molecule has 0 spiro atoms. The van der Waals surface area contributed by atoms with Gasteiger partial charge in [0.15, 0.2) is 5.78 Å². The summed E-state index contributed by atoms with van der Waals surface area (Å²) in [5.74, 6) is -0.111. The van der Waals surface area contributed by atoms with Gasteiger partial charge in [0.25, 0.3) is 0 Å². The van der Waals surface area contributed by atoms with E-state index < -0.39 is 0 Å². The lowest BCUT2D eigenvalue weighted by molar-refractivity contribution is -0.121. The SMILES string of the molecule is CC(=O)c1cc(NC(C)C(=O)NC2CC2)ccc1N. The number of carbonyl (C=O) groups excluding carboxylic acids is 2. The number of amides is 1. The first-order chi connectivity index (χ1) is 8.97. The second kappa shape index (κ2) is 5.30.